The van der Waals surface area contributed by atoms with Crippen LogP contribution in [0, 0.1) is 0 Å². The quantitative estimate of drug-likeness (QED) is 0.656. The van der Waals surface area contributed by atoms with Crippen LogP contribution in [0.5, 0.6) is 0 Å². The molecule has 0 saturated heterocycles. The summed E-state index contributed by atoms with van der Waals surface area (Å²) in [5, 5.41) is 1.30. The van der Waals surface area contributed by atoms with E-state index in [4.69, 9.17) is 26.5 Å². The van der Waals surface area contributed by atoms with Gasteiger partial charge in [0, 0.05) is 11.9 Å². The molecular weight excluding hydrogens is 242 g/mol. The number of nitrogens with two attached hydrogens (primary N) is 1. The monoisotopic (exact) mass is 253 g/mol. The molecule has 0 radical (unpaired) electrons. The van der Waals surface area contributed by atoms with Gasteiger partial charge < -0.3 is 14.9 Å². The summed E-state index contributed by atoms with van der Waals surface area (Å²) in [6, 6.07) is 7.02. The molecule has 2 rings (SSSR count). The molecule has 0 aliphatic heterocycles. The average molecular weight is 254 g/mol. The van der Waals surface area contributed by atoms with Gasteiger partial charge >= 0.3 is 0 Å². The molecule has 2 aromatic rings. The summed E-state index contributed by atoms with van der Waals surface area (Å²) in [6.45, 7) is 0.709. The topological polar surface area (TPSA) is 65.5 Å². The van der Waals surface area contributed by atoms with Crippen molar-refractivity contribution in [3.63, 3.8) is 0 Å². The zero-order chi connectivity index (χ0) is 12.3. The number of Topliss-reactive ketones (excluding diaryl/α,β-unsaturated/α-hetero) is 1. The van der Waals surface area contributed by atoms with Crippen LogP contribution in [0.25, 0.3) is 11.0 Å². The molecule has 0 bridgehead atoms. The Bertz CT molecular complexity index is 536. The molecule has 4 nitrogen and oxygen atoms in total. The van der Waals surface area contributed by atoms with E-state index in [1.54, 1.807) is 18.2 Å². The van der Waals surface area contributed by atoms with Crippen molar-refractivity contribution in [2.75, 3.05) is 19.8 Å². The fraction of sp³-hybridized carbons (Fsp3) is 0.250. The molecule has 2 N–H and O–H groups in total. The Labute approximate surface area is 103 Å². The second kappa shape index (κ2) is 5.31. The molecular formula is C12H12ClNO3. The first kappa shape index (κ1) is 12.1. The minimum Gasteiger partial charge on any atom is -0.451 e. The van der Waals surface area contributed by atoms with Gasteiger partial charge in [-0.25, -0.2) is 0 Å². The van der Waals surface area contributed by atoms with Crippen molar-refractivity contribution in [3.05, 3.63) is 35.0 Å². The van der Waals surface area contributed by atoms with Crippen LogP contribution in [0.3, 0.4) is 0 Å². The Hall–Kier alpha value is -1.36. The van der Waals surface area contributed by atoms with Crippen molar-refractivity contribution in [1.29, 1.82) is 0 Å². The van der Waals surface area contributed by atoms with Crippen LogP contribution in [-0.4, -0.2) is 25.5 Å². The van der Waals surface area contributed by atoms with Gasteiger partial charge in [-0.15, -0.1) is 0 Å². The number of carbonyl (C=O) groups is 1. The van der Waals surface area contributed by atoms with Crippen molar-refractivity contribution in [1.82, 2.24) is 0 Å². The molecule has 1 heterocycles. The highest BCUT2D eigenvalue weighted by molar-refractivity contribution is 6.34. The van der Waals surface area contributed by atoms with Crippen molar-refractivity contribution >= 4 is 28.4 Å². The third kappa shape index (κ3) is 2.66. The van der Waals surface area contributed by atoms with Gasteiger partial charge in [-0.2, -0.15) is 0 Å². The molecule has 1 aromatic carbocycles. The Morgan fingerprint density at radius 3 is 3.00 bits per heavy atom. The summed E-state index contributed by atoms with van der Waals surface area (Å²) in [5.74, 6) is 0.0378. The van der Waals surface area contributed by atoms with E-state index in [-0.39, 0.29) is 18.2 Å². The Morgan fingerprint density at radius 2 is 2.29 bits per heavy atom. The first-order valence-electron chi connectivity index (χ1n) is 5.21. The van der Waals surface area contributed by atoms with Crippen LogP contribution in [0.2, 0.25) is 5.02 Å². The molecule has 5 heteroatoms. The minimum absolute atomic E-state index is 0.0331. The number of carbonyl (C=O) groups excluding carboxylic acids is 1. The van der Waals surface area contributed by atoms with Gasteiger partial charge in [0.2, 0.25) is 5.78 Å². The summed E-state index contributed by atoms with van der Waals surface area (Å²) in [5.41, 5.74) is 5.78. The van der Waals surface area contributed by atoms with E-state index in [1.165, 1.54) is 0 Å². The van der Waals surface area contributed by atoms with Crippen LogP contribution < -0.4 is 5.73 Å². The minimum atomic E-state index is -0.217. The van der Waals surface area contributed by atoms with Gasteiger partial charge in [-0.3, -0.25) is 4.79 Å². The number of para-hydroxylation sites is 1. The Balaban J connectivity index is 2.19. The molecule has 0 unspecified atom stereocenters. The largest absolute Gasteiger partial charge is 0.451 e. The maximum absolute atomic E-state index is 11.7. The van der Waals surface area contributed by atoms with Crippen molar-refractivity contribution in [2.45, 2.75) is 0 Å². The predicted molar refractivity (Wildman–Crippen MR) is 65.4 cm³/mol. The summed E-state index contributed by atoms with van der Waals surface area (Å²) >= 11 is 5.95. The van der Waals surface area contributed by atoms with Crippen molar-refractivity contribution in [2.24, 2.45) is 5.73 Å². The van der Waals surface area contributed by atoms with Gasteiger partial charge in [0.25, 0.3) is 0 Å². The van der Waals surface area contributed by atoms with E-state index < -0.39 is 0 Å². The molecule has 0 saturated carbocycles. The number of benzene rings is 1. The molecule has 0 fully saturated rings. The van der Waals surface area contributed by atoms with Crippen molar-refractivity contribution < 1.29 is 13.9 Å². The SMILES string of the molecule is NCCOCC(=O)c1cc2cccc(Cl)c2o1. The highest BCUT2D eigenvalue weighted by Crippen LogP contribution is 2.26. The zero-order valence-electron chi connectivity index (χ0n) is 9.11. The molecule has 17 heavy (non-hydrogen) atoms. The lowest BCUT2D eigenvalue weighted by atomic mass is 10.2. The number of hydrogen-bond donors (Lipinski definition) is 1. The third-order valence-electron chi connectivity index (χ3n) is 2.27. The van der Waals surface area contributed by atoms with E-state index in [1.807, 2.05) is 6.07 Å². The molecule has 0 aliphatic rings. The fourth-order valence-electron chi connectivity index (χ4n) is 1.48. The smallest absolute Gasteiger partial charge is 0.223 e. The summed E-state index contributed by atoms with van der Waals surface area (Å²) in [4.78, 5) is 11.7. The summed E-state index contributed by atoms with van der Waals surface area (Å²) in [6.07, 6.45) is 0. The first-order valence-corrected chi connectivity index (χ1v) is 5.59. The number of halogens is 1. The van der Waals surface area contributed by atoms with E-state index in [0.717, 1.165) is 5.39 Å². The van der Waals surface area contributed by atoms with Crippen molar-refractivity contribution in [3.8, 4) is 0 Å². The van der Waals surface area contributed by atoms with E-state index >= 15 is 0 Å². The molecule has 0 atom stereocenters. The highest BCUT2D eigenvalue weighted by atomic mass is 35.5. The van der Waals surface area contributed by atoms with Crippen LogP contribution in [0.15, 0.2) is 28.7 Å². The third-order valence-corrected chi connectivity index (χ3v) is 2.56. The number of furan rings is 1. The Kier molecular flexibility index (Phi) is 3.78. The van der Waals surface area contributed by atoms with Crippen LogP contribution in [0.4, 0.5) is 0 Å². The fourth-order valence-corrected chi connectivity index (χ4v) is 1.70. The lowest BCUT2D eigenvalue weighted by Crippen LogP contribution is -2.14. The van der Waals surface area contributed by atoms with E-state index in [0.29, 0.717) is 23.8 Å². The van der Waals surface area contributed by atoms with Gasteiger partial charge in [0.15, 0.2) is 11.3 Å². The van der Waals surface area contributed by atoms with E-state index in [2.05, 4.69) is 0 Å². The zero-order valence-corrected chi connectivity index (χ0v) is 9.87. The standard InChI is InChI=1S/C12H12ClNO3/c13-9-3-1-2-8-6-11(17-12(8)9)10(15)7-16-5-4-14/h1-3,6H,4-5,7,14H2. The number of fused-ring (bicyclic) bond motifs is 1. The summed E-state index contributed by atoms with van der Waals surface area (Å²) < 4.78 is 10.5. The lowest BCUT2D eigenvalue weighted by Gasteiger charge is -1.98. The maximum atomic E-state index is 11.7. The predicted octanol–water partition coefficient (Wildman–Crippen LogP) is 2.24. The molecule has 0 amide bonds. The van der Waals surface area contributed by atoms with Crippen LogP contribution in [-0.2, 0) is 4.74 Å². The van der Waals surface area contributed by atoms with E-state index in [9.17, 15) is 4.79 Å². The Morgan fingerprint density at radius 1 is 1.47 bits per heavy atom. The first-order chi connectivity index (χ1) is 8.22. The average Bonchev–Trinajstić information content (AvgIpc) is 2.75. The van der Waals surface area contributed by atoms with Crippen LogP contribution >= 0.6 is 11.6 Å². The summed E-state index contributed by atoms with van der Waals surface area (Å²) in [7, 11) is 0. The maximum Gasteiger partial charge on any atom is 0.223 e. The van der Waals surface area contributed by atoms with Crippen LogP contribution in [0.1, 0.15) is 10.6 Å². The number of rotatable bonds is 5. The van der Waals surface area contributed by atoms with Gasteiger partial charge in [-0.05, 0) is 12.1 Å². The number of ketones is 1. The molecule has 90 valence electrons. The van der Waals surface area contributed by atoms with Gasteiger partial charge in [-0.1, -0.05) is 23.7 Å². The lowest BCUT2D eigenvalue weighted by molar-refractivity contribution is 0.0749. The number of hydrogen-bond acceptors (Lipinski definition) is 4. The second-order valence-electron chi connectivity index (χ2n) is 3.53. The molecule has 1 aromatic heterocycles. The highest BCUT2D eigenvalue weighted by Gasteiger charge is 2.13. The molecule has 0 aliphatic carbocycles. The number of ether oxygens (including phenoxy) is 1. The van der Waals surface area contributed by atoms with Gasteiger partial charge in [0.1, 0.15) is 6.61 Å². The molecule has 0 spiro atoms. The normalized spacial score (nSPS) is 10.9. The second-order valence-corrected chi connectivity index (χ2v) is 3.94. The van der Waals surface area contributed by atoms with Gasteiger partial charge in [0.05, 0.1) is 11.6 Å².